The maximum absolute atomic E-state index is 10.7. The van der Waals surface area contributed by atoms with E-state index in [1.165, 1.54) is 0 Å². The third-order valence-electron chi connectivity index (χ3n) is 0.813. The Kier molecular flexibility index (Phi) is 4.49. The number of urea groups is 1. The van der Waals surface area contributed by atoms with E-state index in [2.05, 4.69) is 5.32 Å². The van der Waals surface area contributed by atoms with Crippen molar-refractivity contribution in [1.29, 1.82) is 0 Å². The van der Waals surface area contributed by atoms with Crippen LogP contribution < -0.4 is 5.32 Å². The second kappa shape index (κ2) is 4.03. The van der Waals surface area contributed by atoms with E-state index in [1.807, 2.05) is 26.0 Å². The number of rotatable bonds is 0. The Bertz CT molecular complexity index is 220. The summed E-state index contributed by atoms with van der Waals surface area (Å²) in [5, 5.41) is 2.87. The van der Waals surface area contributed by atoms with Crippen molar-refractivity contribution in [3.05, 3.63) is 0 Å². The Morgan fingerprint density at radius 2 is 1.33 bits per heavy atom. The minimum absolute atomic E-state index is 0.769. The first-order valence-electron chi connectivity index (χ1n) is 3.49. The van der Waals surface area contributed by atoms with Gasteiger partial charge in [-0.1, -0.05) is 0 Å². The number of hydrogen-bond acceptors (Lipinski definition) is 0. The predicted molar refractivity (Wildman–Crippen MR) is 47.6 cm³/mol. The summed E-state index contributed by atoms with van der Waals surface area (Å²) in [6, 6.07) is 0.769. The summed E-state index contributed by atoms with van der Waals surface area (Å²) in [4.78, 5) is 1.86. The van der Waals surface area contributed by atoms with Gasteiger partial charge in [0, 0.05) is 21.1 Å². The number of nitrogens with zero attached hydrogens (tertiary/aromatic N) is 1. The van der Waals surface area contributed by atoms with Crippen LogP contribution in [0.1, 0.15) is 0 Å². The van der Waals surface area contributed by atoms with E-state index < -0.39 is 7.81 Å². The Hall–Kier alpha value is -0.720. The molecule has 0 aliphatic heterocycles. The normalized spacial score (nSPS) is 16.8. The molecule has 0 radical (unpaired) electrons. The van der Waals surface area contributed by atoms with Crippen molar-refractivity contribution in [3.8, 4) is 0 Å². The molecule has 0 saturated heterocycles. The van der Waals surface area contributed by atoms with Crippen LogP contribution in [-0.4, -0.2) is 39.2 Å². The van der Waals surface area contributed by atoms with Crippen LogP contribution in [0.25, 0.3) is 0 Å². The standard InChI is InChI=1S/C5H13N2O.F6P/c1-6-5(8-4)7(2)3;1-7(2,3,4,5)6/h6H,1-4H3;/q+1;-1. The molecule has 10 heteroatoms. The van der Waals surface area contributed by atoms with Gasteiger partial charge in [0.15, 0.2) is 0 Å². The number of halogens is 6. The second-order valence-corrected chi connectivity index (χ2v) is 4.53. The predicted octanol–water partition coefficient (Wildman–Crippen LogP) is 3.44. The molecule has 0 atom stereocenters. The summed E-state index contributed by atoms with van der Waals surface area (Å²) in [6.07, 6.45) is 0. The molecule has 1 N–H and O–H groups in total. The molecular weight excluding hydrogens is 249 g/mol. The van der Waals surface area contributed by atoms with Crippen molar-refractivity contribution in [2.45, 2.75) is 0 Å². The first-order chi connectivity index (χ1) is 6.17. The van der Waals surface area contributed by atoms with Crippen LogP contribution in [0.2, 0.25) is 0 Å². The van der Waals surface area contributed by atoms with Crippen molar-refractivity contribution >= 4 is 13.8 Å². The molecular formula is C5H13F6N2OP. The molecule has 96 valence electrons. The fourth-order valence-electron chi connectivity index (χ4n) is 0.508. The van der Waals surface area contributed by atoms with Gasteiger partial charge in [-0.15, -0.1) is 0 Å². The van der Waals surface area contributed by atoms with E-state index in [-0.39, 0.29) is 0 Å². The number of carbonyl (C=O) groups excluding carboxylic acids is 1. The van der Waals surface area contributed by atoms with Gasteiger partial charge in [0.1, 0.15) is 0 Å². The fraction of sp³-hybridized carbons (Fsp3) is 0.800. The van der Waals surface area contributed by atoms with Crippen LogP contribution in [0, 0.1) is 0 Å². The van der Waals surface area contributed by atoms with Gasteiger partial charge in [-0.2, -0.15) is 0 Å². The molecule has 2 amide bonds. The third-order valence-corrected chi connectivity index (χ3v) is 0.813. The first kappa shape index (κ1) is 16.7. The van der Waals surface area contributed by atoms with Crippen LogP contribution in [-0.2, 0) is 0 Å². The maximum atomic E-state index is 9.87. The van der Waals surface area contributed by atoms with Crippen molar-refractivity contribution in [2.24, 2.45) is 0 Å². The molecule has 0 aliphatic rings. The van der Waals surface area contributed by atoms with E-state index in [0.717, 1.165) is 6.03 Å². The number of hydrogen-bond donors (Lipinski definition) is 1. The van der Waals surface area contributed by atoms with Gasteiger partial charge in [0.25, 0.3) is 7.11 Å². The molecule has 0 bridgehead atoms. The van der Waals surface area contributed by atoms with Gasteiger partial charge in [0.05, 0.1) is 0 Å². The monoisotopic (exact) mass is 262 g/mol. The molecule has 0 heterocycles. The van der Waals surface area contributed by atoms with E-state index in [4.69, 9.17) is 4.42 Å². The van der Waals surface area contributed by atoms with Gasteiger partial charge >= 0.3 is 39.0 Å². The van der Waals surface area contributed by atoms with E-state index >= 15 is 0 Å². The zero-order valence-corrected chi connectivity index (χ0v) is 9.46. The van der Waals surface area contributed by atoms with Gasteiger partial charge in [-0.25, -0.2) is 4.42 Å². The van der Waals surface area contributed by atoms with Gasteiger partial charge < -0.3 is 0 Å². The average Bonchev–Trinajstić information content (AvgIpc) is 1.81. The fourth-order valence-corrected chi connectivity index (χ4v) is 0.508. The molecule has 0 aromatic rings. The Labute approximate surface area is 83.0 Å². The molecule has 0 spiro atoms. The SMILES string of the molecule is CNC(=[O+]C)N(C)C.F[P-](F)(F)(F)(F)F. The first-order valence-corrected chi connectivity index (χ1v) is 5.52. The molecule has 0 aromatic carbocycles. The Morgan fingerprint density at radius 3 is 1.33 bits per heavy atom. The molecule has 3 nitrogen and oxygen atoms in total. The Morgan fingerprint density at radius 1 is 1.07 bits per heavy atom. The summed E-state index contributed by atoms with van der Waals surface area (Å²) in [7, 11) is -3.38. The van der Waals surface area contributed by atoms with Crippen molar-refractivity contribution in [2.75, 3.05) is 28.3 Å². The summed E-state index contributed by atoms with van der Waals surface area (Å²) < 4.78 is 64.1. The van der Waals surface area contributed by atoms with Gasteiger partial charge in [-0.3, -0.25) is 10.2 Å². The zero-order chi connectivity index (χ0) is 13.0. The summed E-state index contributed by atoms with van der Waals surface area (Å²) in [6.45, 7) is 0. The topological polar surface area (TPSA) is 26.6 Å². The van der Waals surface area contributed by atoms with Crippen LogP contribution in [0.3, 0.4) is 0 Å². The number of amides is 2. The van der Waals surface area contributed by atoms with Crippen molar-refractivity contribution < 1.29 is 29.6 Å². The zero-order valence-electron chi connectivity index (χ0n) is 8.57. The molecule has 0 unspecified atom stereocenters. The summed E-state index contributed by atoms with van der Waals surface area (Å²) >= 11 is 0. The van der Waals surface area contributed by atoms with Crippen LogP contribution in [0.4, 0.5) is 29.6 Å². The van der Waals surface area contributed by atoms with Gasteiger partial charge in [0.2, 0.25) is 0 Å². The van der Waals surface area contributed by atoms with Crippen LogP contribution in [0.5, 0.6) is 0 Å². The van der Waals surface area contributed by atoms with E-state index in [1.54, 1.807) is 7.11 Å². The molecule has 0 saturated carbocycles. The van der Waals surface area contributed by atoms with E-state index in [0.29, 0.717) is 0 Å². The molecule has 0 aromatic heterocycles. The molecule has 0 fully saturated rings. The molecule has 0 rings (SSSR count). The van der Waals surface area contributed by atoms with Gasteiger partial charge in [-0.05, 0) is 0 Å². The quantitative estimate of drug-likeness (QED) is 0.393. The number of nitrogens with one attached hydrogen (secondary N) is 1. The molecule has 0 aliphatic carbocycles. The summed E-state index contributed by atoms with van der Waals surface area (Å²) in [5.41, 5.74) is 0. The van der Waals surface area contributed by atoms with Crippen LogP contribution in [0.15, 0.2) is 0 Å². The average molecular weight is 262 g/mol. The van der Waals surface area contributed by atoms with E-state index in [9.17, 15) is 25.2 Å². The van der Waals surface area contributed by atoms with Crippen molar-refractivity contribution in [3.63, 3.8) is 0 Å². The third kappa shape index (κ3) is 31.9. The van der Waals surface area contributed by atoms with Crippen LogP contribution >= 0.6 is 7.81 Å². The molecule has 15 heavy (non-hydrogen) atoms. The minimum atomic E-state index is -10.7. The summed E-state index contributed by atoms with van der Waals surface area (Å²) in [5.74, 6) is 0. The second-order valence-electron chi connectivity index (χ2n) is 2.61. The van der Waals surface area contributed by atoms with Crippen molar-refractivity contribution in [1.82, 2.24) is 10.2 Å². The Balaban J connectivity index is 0.